The second kappa shape index (κ2) is 10.7. The molecule has 0 amide bonds. The van der Waals surface area contributed by atoms with Crippen LogP contribution in [0.5, 0.6) is 0 Å². The number of fused-ring (bicyclic) bond motifs is 4. The highest BCUT2D eigenvalue weighted by Crippen LogP contribution is 2.35. The van der Waals surface area contributed by atoms with Crippen molar-refractivity contribution in [2.75, 3.05) is 12.9 Å². The molecular weight excluding hydrogens is 532 g/mol. The Hall–Kier alpha value is -3.89. The lowest BCUT2D eigenvalue weighted by atomic mass is 9.97. The summed E-state index contributed by atoms with van der Waals surface area (Å²) in [5.41, 5.74) is 3.40. The van der Waals surface area contributed by atoms with Gasteiger partial charge in [0.2, 0.25) is 0 Å². The highest BCUT2D eigenvalue weighted by Gasteiger charge is 2.25. The molecule has 6 rings (SSSR count). The van der Waals surface area contributed by atoms with E-state index < -0.39 is 5.97 Å². The van der Waals surface area contributed by atoms with Crippen molar-refractivity contribution in [3.63, 3.8) is 0 Å². The molecule has 198 valence electrons. The van der Waals surface area contributed by atoms with Gasteiger partial charge >= 0.3 is 5.97 Å². The second-order valence-corrected chi connectivity index (χ2v) is 11.4. The van der Waals surface area contributed by atoms with Crippen LogP contribution in [0.3, 0.4) is 0 Å². The number of aromatic nitrogens is 4. The summed E-state index contributed by atoms with van der Waals surface area (Å²) in [7, 11) is 1.26. The number of thioether (sulfide) groups is 1. The number of benzene rings is 2. The number of esters is 1. The highest BCUT2D eigenvalue weighted by molar-refractivity contribution is 7.99. The maximum atomic E-state index is 13.9. The van der Waals surface area contributed by atoms with Crippen LogP contribution in [0.25, 0.3) is 26.8 Å². The molecule has 39 heavy (non-hydrogen) atoms. The number of rotatable bonds is 7. The summed E-state index contributed by atoms with van der Waals surface area (Å²) in [6, 6.07) is 17.1. The van der Waals surface area contributed by atoms with Gasteiger partial charge in [0, 0.05) is 4.88 Å². The molecule has 3 aromatic heterocycles. The number of thiophene rings is 1. The van der Waals surface area contributed by atoms with Crippen molar-refractivity contribution in [3.05, 3.63) is 92.5 Å². The van der Waals surface area contributed by atoms with Gasteiger partial charge in [0.25, 0.3) is 5.56 Å². The van der Waals surface area contributed by atoms with Crippen LogP contribution in [0, 0.1) is 0 Å². The molecule has 0 radical (unpaired) electrons. The number of methoxy groups -OCH3 is 1. The third-order valence-electron chi connectivity index (χ3n) is 6.87. The normalized spacial score (nSPS) is 13.9. The van der Waals surface area contributed by atoms with Crippen molar-refractivity contribution < 1.29 is 14.6 Å². The van der Waals surface area contributed by atoms with E-state index in [0.29, 0.717) is 22.6 Å². The largest absolute Gasteiger partial charge is 0.510 e. The van der Waals surface area contributed by atoms with Gasteiger partial charge in [0.05, 0.1) is 35.8 Å². The van der Waals surface area contributed by atoms with Crippen molar-refractivity contribution in [3.8, 4) is 0 Å². The molecule has 0 aliphatic heterocycles. The van der Waals surface area contributed by atoms with Crippen molar-refractivity contribution in [2.24, 2.45) is 0 Å². The number of para-hydroxylation sites is 2. The number of nitrogens with zero attached hydrogens (tertiary/aromatic N) is 3. The van der Waals surface area contributed by atoms with Gasteiger partial charge in [-0.1, -0.05) is 54.2 Å². The number of imidazole rings is 1. The van der Waals surface area contributed by atoms with Gasteiger partial charge in [-0.15, -0.1) is 11.3 Å². The van der Waals surface area contributed by atoms with E-state index in [4.69, 9.17) is 9.72 Å². The van der Waals surface area contributed by atoms with Crippen LogP contribution >= 0.6 is 23.1 Å². The average molecular weight is 559 g/mol. The van der Waals surface area contributed by atoms with E-state index in [1.54, 1.807) is 15.9 Å². The average Bonchev–Trinajstić information content (AvgIpc) is 3.55. The van der Waals surface area contributed by atoms with Gasteiger partial charge in [0.15, 0.2) is 5.16 Å². The lowest BCUT2D eigenvalue weighted by Gasteiger charge is -2.14. The maximum absolute atomic E-state index is 13.9. The van der Waals surface area contributed by atoms with Crippen LogP contribution in [0.4, 0.5) is 0 Å². The number of nitrogens with one attached hydrogen (secondary N) is 1. The van der Waals surface area contributed by atoms with Crippen LogP contribution in [-0.2, 0) is 28.9 Å². The van der Waals surface area contributed by atoms with Gasteiger partial charge in [-0.25, -0.2) is 14.8 Å². The Bertz CT molecular complexity index is 1750. The molecule has 0 bridgehead atoms. The fourth-order valence-electron chi connectivity index (χ4n) is 4.96. The molecule has 0 atom stereocenters. The summed E-state index contributed by atoms with van der Waals surface area (Å²) in [4.78, 5) is 41.1. The van der Waals surface area contributed by atoms with E-state index in [1.807, 2.05) is 54.6 Å². The Labute approximate surface area is 232 Å². The Kier molecular flexibility index (Phi) is 6.97. The van der Waals surface area contributed by atoms with Gasteiger partial charge in [-0.2, -0.15) is 0 Å². The molecule has 1 aliphatic rings. The van der Waals surface area contributed by atoms with E-state index in [9.17, 15) is 14.7 Å². The van der Waals surface area contributed by atoms with Gasteiger partial charge < -0.3 is 14.8 Å². The van der Waals surface area contributed by atoms with Gasteiger partial charge in [-0.3, -0.25) is 9.36 Å². The SMILES string of the molecule is COC(=O)/C(=C(\O)CSc1nc2sc3c(c2c(=O)n1Cc1ccccc1)CCCC3)c1nc2ccccc2[nH]1. The van der Waals surface area contributed by atoms with Crippen molar-refractivity contribution in [1.29, 1.82) is 0 Å². The molecule has 5 aromatic rings. The molecule has 2 N–H and O–H groups in total. The number of aryl methyl sites for hydroxylation is 2. The third kappa shape index (κ3) is 4.86. The molecule has 2 aromatic carbocycles. The molecule has 0 saturated heterocycles. The smallest absolute Gasteiger partial charge is 0.345 e. The van der Waals surface area contributed by atoms with E-state index in [-0.39, 0.29) is 28.5 Å². The first-order chi connectivity index (χ1) is 19.0. The number of aromatic amines is 1. The van der Waals surface area contributed by atoms with Crippen LogP contribution in [0.2, 0.25) is 0 Å². The molecular formula is C29H26N4O4S2. The minimum Gasteiger partial charge on any atom is -0.510 e. The molecule has 0 fully saturated rings. The fraction of sp³-hybridized carbons (Fsp3) is 0.241. The summed E-state index contributed by atoms with van der Waals surface area (Å²) in [5, 5.41) is 12.3. The summed E-state index contributed by atoms with van der Waals surface area (Å²) >= 11 is 2.80. The summed E-state index contributed by atoms with van der Waals surface area (Å²) in [6.45, 7) is 0.355. The number of aliphatic hydroxyl groups excluding tert-OH is 1. The minimum absolute atomic E-state index is 0.000690. The summed E-state index contributed by atoms with van der Waals surface area (Å²) in [6.07, 6.45) is 4.06. The summed E-state index contributed by atoms with van der Waals surface area (Å²) < 4.78 is 6.64. The summed E-state index contributed by atoms with van der Waals surface area (Å²) in [5.74, 6) is -0.698. The predicted octanol–water partition coefficient (Wildman–Crippen LogP) is 5.50. The number of ether oxygens (including phenoxy) is 1. The lowest BCUT2D eigenvalue weighted by Crippen LogP contribution is -2.24. The zero-order valence-corrected chi connectivity index (χ0v) is 22.9. The van der Waals surface area contributed by atoms with E-state index in [1.165, 1.54) is 23.7 Å². The zero-order valence-electron chi connectivity index (χ0n) is 21.3. The van der Waals surface area contributed by atoms with Crippen molar-refractivity contribution in [1.82, 2.24) is 19.5 Å². The molecule has 0 saturated carbocycles. The molecule has 0 spiro atoms. The second-order valence-electron chi connectivity index (χ2n) is 9.37. The van der Waals surface area contributed by atoms with Gasteiger partial charge in [0.1, 0.15) is 22.0 Å². The standard InChI is InChI=1S/C29H26N4O4S2/c1-37-28(36)24(25-30-19-12-6-7-13-20(19)31-25)21(34)16-38-29-32-26-23(18-11-5-8-14-22(18)39-26)27(35)33(29)15-17-9-3-2-4-10-17/h2-4,6-7,9-10,12-13,34H,5,8,11,14-16H2,1H3,(H,30,31)/b24-21-. The number of H-pyrrole nitrogens is 1. The first kappa shape index (κ1) is 25.4. The first-order valence-corrected chi connectivity index (χ1v) is 14.5. The van der Waals surface area contributed by atoms with Crippen LogP contribution in [0.15, 0.2) is 70.3 Å². The topological polar surface area (TPSA) is 110 Å². The number of hydrogen-bond donors (Lipinski definition) is 2. The quantitative estimate of drug-likeness (QED) is 0.0893. The maximum Gasteiger partial charge on any atom is 0.345 e. The molecule has 1 aliphatic carbocycles. The fourth-order valence-corrected chi connectivity index (χ4v) is 7.14. The Balaban J connectivity index is 1.41. The van der Waals surface area contributed by atoms with Crippen molar-refractivity contribution in [2.45, 2.75) is 37.4 Å². The number of carbonyl (C=O) groups is 1. The number of hydrogen-bond acceptors (Lipinski definition) is 8. The molecule has 8 nitrogen and oxygen atoms in total. The third-order valence-corrected chi connectivity index (χ3v) is 9.04. The molecule has 10 heteroatoms. The minimum atomic E-state index is -0.705. The van der Waals surface area contributed by atoms with E-state index in [2.05, 4.69) is 9.97 Å². The zero-order chi connectivity index (χ0) is 26.9. The van der Waals surface area contributed by atoms with E-state index in [0.717, 1.165) is 47.2 Å². The molecule has 0 unspecified atom stereocenters. The molecule has 3 heterocycles. The van der Waals surface area contributed by atoms with Crippen LogP contribution in [-0.4, -0.2) is 43.5 Å². The number of aliphatic hydroxyl groups is 1. The highest BCUT2D eigenvalue weighted by atomic mass is 32.2. The van der Waals surface area contributed by atoms with Crippen LogP contribution in [0.1, 0.15) is 34.7 Å². The number of carbonyl (C=O) groups excluding carboxylic acids is 1. The first-order valence-electron chi connectivity index (χ1n) is 12.7. The Morgan fingerprint density at radius 1 is 1.10 bits per heavy atom. The van der Waals surface area contributed by atoms with Gasteiger partial charge in [-0.05, 0) is 48.9 Å². The Morgan fingerprint density at radius 2 is 1.87 bits per heavy atom. The van der Waals surface area contributed by atoms with Crippen LogP contribution < -0.4 is 5.56 Å². The van der Waals surface area contributed by atoms with Crippen molar-refractivity contribution >= 4 is 55.9 Å². The Morgan fingerprint density at radius 3 is 2.67 bits per heavy atom. The van der Waals surface area contributed by atoms with E-state index >= 15 is 0 Å². The predicted molar refractivity (Wildman–Crippen MR) is 154 cm³/mol. The monoisotopic (exact) mass is 558 g/mol. The lowest BCUT2D eigenvalue weighted by molar-refractivity contribution is -0.133.